The first-order valence-corrected chi connectivity index (χ1v) is 5.81. The van der Waals surface area contributed by atoms with Gasteiger partial charge in [0.25, 0.3) is 0 Å². The molecule has 0 radical (unpaired) electrons. The van der Waals surface area contributed by atoms with E-state index in [0.29, 0.717) is 0 Å². The summed E-state index contributed by atoms with van der Waals surface area (Å²) >= 11 is 0. The molecule has 5 nitrogen and oxygen atoms in total. The summed E-state index contributed by atoms with van der Waals surface area (Å²) in [5, 5.41) is 10.4. The van der Waals surface area contributed by atoms with Crippen LogP contribution in [0.25, 0.3) is 12.2 Å². The van der Waals surface area contributed by atoms with E-state index in [9.17, 15) is 0 Å². The van der Waals surface area contributed by atoms with E-state index in [2.05, 4.69) is 15.3 Å². The summed E-state index contributed by atoms with van der Waals surface area (Å²) in [5.74, 6) is 0.265. The molecule has 0 aliphatic heterocycles. The molecule has 1 heterocycles. The molecule has 0 saturated heterocycles. The molecule has 1 aromatic carbocycles. The lowest BCUT2D eigenvalue weighted by Gasteiger charge is -2.05. The fourth-order valence-electron chi connectivity index (χ4n) is 1.66. The minimum absolute atomic E-state index is 0.265. The predicted octanol–water partition coefficient (Wildman–Crippen LogP) is 2.27. The Kier molecular flexibility index (Phi) is 3.87. The number of nitrogens with zero attached hydrogens (tertiary/aromatic N) is 2. The summed E-state index contributed by atoms with van der Waals surface area (Å²) in [6, 6.07) is 5.86. The van der Waals surface area contributed by atoms with Gasteiger partial charge in [0.15, 0.2) is 0 Å². The van der Waals surface area contributed by atoms with Gasteiger partial charge in [0.2, 0.25) is 5.95 Å². The Hall–Kier alpha value is -2.69. The third-order valence-corrected chi connectivity index (χ3v) is 2.66. The van der Waals surface area contributed by atoms with Crippen molar-refractivity contribution in [1.29, 1.82) is 5.41 Å². The standard InChI is InChI=1S/C14H15N5/c1-17-13-5-4-10(6-12(13)7-15)2-3-11-8-18-14(16)19-9-11/h2-9,15,17H,1H3,(H2,16,18,19)/b3-2+,15-7?. The van der Waals surface area contributed by atoms with E-state index in [4.69, 9.17) is 11.1 Å². The first kappa shape index (κ1) is 12.8. The van der Waals surface area contributed by atoms with E-state index in [1.165, 1.54) is 6.21 Å². The average molecular weight is 253 g/mol. The Morgan fingerprint density at radius 3 is 2.47 bits per heavy atom. The Morgan fingerprint density at radius 2 is 1.84 bits per heavy atom. The lowest BCUT2D eigenvalue weighted by Crippen LogP contribution is -1.94. The quantitative estimate of drug-likeness (QED) is 0.729. The third-order valence-electron chi connectivity index (χ3n) is 2.66. The minimum Gasteiger partial charge on any atom is -0.388 e. The fraction of sp³-hybridized carbons (Fsp3) is 0.0714. The first-order valence-electron chi connectivity index (χ1n) is 5.81. The van der Waals surface area contributed by atoms with Gasteiger partial charge in [0.1, 0.15) is 0 Å². The number of anilines is 2. The minimum atomic E-state index is 0.265. The lowest BCUT2D eigenvalue weighted by molar-refractivity contribution is 1.18. The highest BCUT2D eigenvalue weighted by Crippen LogP contribution is 2.17. The Labute approximate surface area is 111 Å². The molecule has 0 fully saturated rings. The zero-order chi connectivity index (χ0) is 13.7. The van der Waals surface area contributed by atoms with Crippen LogP contribution in [-0.2, 0) is 0 Å². The van der Waals surface area contributed by atoms with Crippen molar-refractivity contribution < 1.29 is 0 Å². The van der Waals surface area contributed by atoms with Crippen LogP contribution in [0, 0.1) is 5.41 Å². The second-order valence-corrected chi connectivity index (χ2v) is 3.95. The maximum absolute atomic E-state index is 7.38. The SMILES string of the molecule is CNc1ccc(/C=C/c2cnc(N)nc2)cc1C=N. The van der Waals surface area contributed by atoms with Gasteiger partial charge in [-0.3, -0.25) is 0 Å². The highest BCUT2D eigenvalue weighted by Gasteiger charge is 1.98. The van der Waals surface area contributed by atoms with Crippen molar-refractivity contribution in [2.45, 2.75) is 0 Å². The number of nitrogens with two attached hydrogens (primary N) is 1. The molecule has 96 valence electrons. The van der Waals surface area contributed by atoms with Crippen molar-refractivity contribution >= 4 is 30.0 Å². The van der Waals surface area contributed by atoms with Gasteiger partial charge in [-0.15, -0.1) is 0 Å². The lowest BCUT2D eigenvalue weighted by atomic mass is 10.1. The van der Waals surface area contributed by atoms with Crippen LogP contribution >= 0.6 is 0 Å². The van der Waals surface area contributed by atoms with E-state index >= 15 is 0 Å². The zero-order valence-corrected chi connectivity index (χ0v) is 10.6. The van der Waals surface area contributed by atoms with E-state index in [1.54, 1.807) is 12.4 Å². The number of aromatic nitrogens is 2. The number of hydrogen-bond donors (Lipinski definition) is 3. The summed E-state index contributed by atoms with van der Waals surface area (Å²) in [6.45, 7) is 0. The Bertz CT molecular complexity index is 602. The van der Waals surface area contributed by atoms with Gasteiger partial charge in [-0.25, -0.2) is 9.97 Å². The largest absolute Gasteiger partial charge is 0.388 e. The highest BCUT2D eigenvalue weighted by molar-refractivity contribution is 5.87. The maximum atomic E-state index is 7.38. The Balaban J connectivity index is 2.23. The van der Waals surface area contributed by atoms with Crippen molar-refractivity contribution in [1.82, 2.24) is 9.97 Å². The van der Waals surface area contributed by atoms with Crippen LogP contribution < -0.4 is 11.1 Å². The highest BCUT2D eigenvalue weighted by atomic mass is 15.0. The normalized spacial score (nSPS) is 10.6. The summed E-state index contributed by atoms with van der Waals surface area (Å²) in [4.78, 5) is 7.84. The van der Waals surface area contributed by atoms with Crippen molar-refractivity contribution in [3.63, 3.8) is 0 Å². The molecule has 2 rings (SSSR count). The van der Waals surface area contributed by atoms with Gasteiger partial charge in [0, 0.05) is 42.5 Å². The molecule has 0 aliphatic rings. The average Bonchev–Trinajstić information content (AvgIpc) is 2.46. The van der Waals surface area contributed by atoms with Gasteiger partial charge < -0.3 is 16.5 Å². The number of hydrogen-bond acceptors (Lipinski definition) is 5. The molecule has 5 heteroatoms. The van der Waals surface area contributed by atoms with Crippen LogP contribution in [0.1, 0.15) is 16.7 Å². The molecule has 0 amide bonds. The number of benzene rings is 1. The van der Waals surface area contributed by atoms with Gasteiger partial charge in [-0.05, 0) is 17.7 Å². The van der Waals surface area contributed by atoms with Gasteiger partial charge in [-0.2, -0.15) is 0 Å². The fourth-order valence-corrected chi connectivity index (χ4v) is 1.66. The summed E-state index contributed by atoms with van der Waals surface area (Å²) in [5.41, 5.74) is 9.09. The Morgan fingerprint density at radius 1 is 1.16 bits per heavy atom. The van der Waals surface area contributed by atoms with Crippen LogP contribution in [0.2, 0.25) is 0 Å². The van der Waals surface area contributed by atoms with Crippen LogP contribution in [-0.4, -0.2) is 23.2 Å². The monoisotopic (exact) mass is 253 g/mol. The predicted molar refractivity (Wildman–Crippen MR) is 79.2 cm³/mol. The van der Waals surface area contributed by atoms with E-state index < -0.39 is 0 Å². The van der Waals surface area contributed by atoms with E-state index in [-0.39, 0.29) is 5.95 Å². The molecule has 0 atom stereocenters. The molecular weight excluding hydrogens is 238 g/mol. The molecule has 0 saturated carbocycles. The third kappa shape index (κ3) is 3.16. The molecule has 2 aromatic rings. The van der Waals surface area contributed by atoms with Crippen LogP contribution in [0.15, 0.2) is 30.6 Å². The summed E-state index contributed by atoms with van der Waals surface area (Å²) < 4.78 is 0. The molecule has 4 N–H and O–H groups in total. The molecule has 0 aliphatic carbocycles. The molecular formula is C14H15N5. The molecule has 1 aromatic heterocycles. The van der Waals surface area contributed by atoms with Gasteiger partial charge in [0.05, 0.1) is 0 Å². The number of nitrogen functional groups attached to an aromatic ring is 1. The molecule has 19 heavy (non-hydrogen) atoms. The second-order valence-electron chi connectivity index (χ2n) is 3.95. The smallest absolute Gasteiger partial charge is 0.219 e. The second kappa shape index (κ2) is 5.77. The molecule has 0 unspecified atom stereocenters. The van der Waals surface area contributed by atoms with Crippen molar-refractivity contribution in [3.8, 4) is 0 Å². The van der Waals surface area contributed by atoms with Crippen molar-refractivity contribution in [3.05, 3.63) is 47.3 Å². The topological polar surface area (TPSA) is 87.7 Å². The summed E-state index contributed by atoms with van der Waals surface area (Å²) in [7, 11) is 1.84. The van der Waals surface area contributed by atoms with Gasteiger partial charge >= 0.3 is 0 Å². The number of nitrogens with one attached hydrogen (secondary N) is 2. The maximum Gasteiger partial charge on any atom is 0.219 e. The van der Waals surface area contributed by atoms with E-state index in [1.807, 2.05) is 37.4 Å². The van der Waals surface area contributed by atoms with Crippen molar-refractivity contribution in [2.24, 2.45) is 0 Å². The van der Waals surface area contributed by atoms with Crippen LogP contribution in [0.5, 0.6) is 0 Å². The molecule has 0 bridgehead atoms. The summed E-state index contributed by atoms with van der Waals surface area (Å²) in [6.07, 6.45) is 8.51. The molecule has 0 spiro atoms. The van der Waals surface area contributed by atoms with Crippen molar-refractivity contribution in [2.75, 3.05) is 18.1 Å². The van der Waals surface area contributed by atoms with Crippen LogP contribution in [0.4, 0.5) is 11.6 Å². The zero-order valence-electron chi connectivity index (χ0n) is 10.6. The van der Waals surface area contributed by atoms with Gasteiger partial charge in [-0.1, -0.05) is 18.2 Å². The first-order chi connectivity index (χ1) is 9.22. The number of rotatable bonds is 4. The van der Waals surface area contributed by atoms with Crippen LogP contribution in [0.3, 0.4) is 0 Å². The van der Waals surface area contributed by atoms with E-state index in [0.717, 1.165) is 22.4 Å².